The lowest BCUT2D eigenvalue weighted by Gasteiger charge is -2.06. The van der Waals surface area contributed by atoms with E-state index in [2.05, 4.69) is 9.97 Å². The highest BCUT2D eigenvalue weighted by molar-refractivity contribution is 7.98. The number of hydrogen-bond acceptors (Lipinski definition) is 4. The molecule has 3 aromatic rings. The highest BCUT2D eigenvalue weighted by Crippen LogP contribution is 2.27. The van der Waals surface area contributed by atoms with Crippen molar-refractivity contribution in [3.05, 3.63) is 65.7 Å². The van der Waals surface area contributed by atoms with Crippen LogP contribution in [0.1, 0.15) is 11.1 Å². The highest BCUT2D eigenvalue weighted by Gasteiger charge is 2.06. The molecule has 0 bridgehead atoms. The summed E-state index contributed by atoms with van der Waals surface area (Å²) in [6, 6.07) is 13.0. The van der Waals surface area contributed by atoms with Crippen LogP contribution < -0.4 is 5.73 Å². The molecule has 1 heterocycles. The maximum absolute atomic E-state index is 13.4. The fraction of sp³-hybridized carbons (Fsp3) is 0.125. The van der Waals surface area contributed by atoms with E-state index in [1.165, 1.54) is 6.07 Å². The summed E-state index contributed by atoms with van der Waals surface area (Å²) >= 11 is 1.61. The minimum Gasteiger partial charge on any atom is -0.326 e. The second-order valence-electron chi connectivity index (χ2n) is 4.61. The summed E-state index contributed by atoms with van der Waals surface area (Å²) in [6.07, 6.45) is 1.57. The molecule has 0 aliphatic heterocycles. The third-order valence-electron chi connectivity index (χ3n) is 3.21. The number of rotatable bonds is 4. The van der Waals surface area contributed by atoms with E-state index in [4.69, 9.17) is 5.73 Å². The van der Waals surface area contributed by atoms with Gasteiger partial charge in [-0.25, -0.2) is 14.4 Å². The molecule has 2 N–H and O–H groups in total. The zero-order chi connectivity index (χ0) is 14.7. The molecule has 3 nitrogen and oxygen atoms in total. The van der Waals surface area contributed by atoms with Crippen molar-refractivity contribution in [1.82, 2.24) is 9.97 Å². The number of halogens is 1. The van der Waals surface area contributed by atoms with Crippen molar-refractivity contribution in [1.29, 1.82) is 0 Å². The maximum Gasteiger partial charge on any atom is 0.127 e. The van der Waals surface area contributed by atoms with Gasteiger partial charge in [0.05, 0.1) is 5.52 Å². The summed E-state index contributed by atoms with van der Waals surface area (Å²) in [4.78, 5) is 8.58. The van der Waals surface area contributed by atoms with Crippen LogP contribution in [0.5, 0.6) is 0 Å². The lowest BCUT2D eigenvalue weighted by atomic mass is 10.1. The molecule has 3 rings (SSSR count). The molecule has 0 atom stereocenters. The number of nitrogens with zero attached hydrogens (tertiary/aromatic N) is 2. The van der Waals surface area contributed by atoms with Crippen LogP contribution in [-0.2, 0) is 12.3 Å². The van der Waals surface area contributed by atoms with Crippen molar-refractivity contribution < 1.29 is 4.39 Å². The van der Waals surface area contributed by atoms with E-state index < -0.39 is 0 Å². The summed E-state index contributed by atoms with van der Waals surface area (Å²) in [5.74, 6) is 0.465. The molecule has 21 heavy (non-hydrogen) atoms. The van der Waals surface area contributed by atoms with Crippen molar-refractivity contribution >= 4 is 22.7 Å². The van der Waals surface area contributed by atoms with Crippen LogP contribution in [-0.4, -0.2) is 9.97 Å². The van der Waals surface area contributed by atoms with Crippen LogP contribution in [0.2, 0.25) is 0 Å². The first-order valence-corrected chi connectivity index (χ1v) is 7.56. The van der Waals surface area contributed by atoms with Gasteiger partial charge in [-0.1, -0.05) is 30.3 Å². The van der Waals surface area contributed by atoms with Crippen LogP contribution in [0, 0.1) is 5.82 Å². The molecule has 0 saturated heterocycles. The Morgan fingerprint density at radius 1 is 1.10 bits per heavy atom. The molecule has 2 aromatic carbocycles. The second kappa shape index (κ2) is 6.20. The number of hydrogen-bond donors (Lipinski definition) is 1. The predicted molar refractivity (Wildman–Crippen MR) is 83.4 cm³/mol. The first-order chi connectivity index (χ1) is 10.3. The molecule has 0 unspecified atom stereocenters. The predicted octanol–water partition coefficient (Wildman–Crippen LogP) is 3.52. The van der Waals surface area contributed by atoms with E-state index in [9.17, 15) is 4.39 Å². The molecule has 0 amide bonds. The normalized spacial score (nSPS) is 11.0. The monoisotopic (exact) mass is 299 g/mol. The number of fused-ring (bicyclic) bond motifs is 1. The van der Waals surface area contributed by atoms with Gasteiger partial charge >= 0.3 is 0 Å². The fourth-order valence-electron chi connectivity index (χ4n) is 2.12. The van der Waals surface area contributed by atoms with Crippen LogP contribution >= 0.6 is 11.8 Å². The number of para-hydroxylation sites is 1. The fourth-order valence-corrected chi connectivity index (χ4v) is 3.05. The third kappa shape index (κ3) is 3.04. The highest BCUT2D eigenvalue weighted by atomic mass is 32.2. The van der Waals surface area contributed by atoms with Crippen molar-refractivity contribution in [2.45, 2.75) is 17.3 Å². The van der Waals surface area contributed by atoms with Crippen LogP contribution in [0.25, 0.3) is 10.9 Å². The Kier molecular flexibility index (Phi) is 4.13. The van der Waals surface area contributed by atoms with Crippen LogP contribution in [0.4, 0.5) is 4.39 Å². The molecular weight excluding hydrogens is 285 g/mol. The largest absolute Gasteiger partial charge is 0.326 e. The standard InChI is InChI=1S/C16H14FN3S/c17-14-6-5-11(7-12(14)8-18)9-21-16-13-3-1-2-4-15(13)19-10-20-16/h1-7,10H,8-9,18H2. The zero-order valence-electron chi connectivity index (χ0n) is 11.3. The SMILES string of the molecule is NCc1cc(CSc2ncnc3ccccc23)ccc1F. The van der Waals surface area contributed by atoms with E-state index in [0.717, 1.165) is 21.5 Å². The molecule has 106 valence electrons. The second-order valence-corrected chi connectivity index (χ2v) is 5.58. The lowest BCUT2D eigenvalue weighted by Crippen LogP contribution is -2.00. The third-order valence-corrected chi connectivity index (χ3v) is 4.29. The average Bonchev–Trinajstić information content (AvgIpc) is 2.54. The number of aromatic nitrogens is 2. The number of nitrogens with two attached hydrogens (primary N) is 1. The topological polar surface area (TPSA) is 51.8 Å². The van der Waals surface area contributed by atoms with E-state index in [-0.39, 0.29) is 12.4 Å². The van der Waals surface area contributed by atoms with Gasteiger partial charge in [0.15, 0.2) is 0 Å². The molecule has 5 heteroatoms. The summed E-state index contributed by atoms with van der Waals surface area (Å²) in [7, 11) is 0. The molecule has 0 aliphatic rings. The van der Waals surface area contributed by atoms with Crippen molar-refractivity contribution in [3.8, 4) is 0 Å². The maximum atomic E-state index is 13.4. The minimum absolute atomic E-state index is 0.209. The Morgan fingerprint density at radius 3 is 2.81 bits per heavy atom. The number of benzene rings is 2. The Bertz CT molecular complexity index is 771. The van der Waals surface area contributed by atoms with Crippen LogP contribution in [0.3, 0.4) is 0 Å². The Labute approximate surface area is 126 Å². The summed E-state index contributed by atoms with van der Waals surface area (Å²) in [6.45, 7) is 0.209. The van der Waals surface area contributed by atoms with Crippen molar-refractivity contribution in [2.24, 2.45) is 5.73 Å². The Balaban J connectivity index is 1.83. The minimum atomic E-state index is -0.251. The van der Waals surface area contributed by atoms with Gasteiger partial charge in [-0.3, -0.25) is 0 Å². The average molecular weight is 299 g/mol. The van der Waals surface area contributed by atoms with Crippen LogP contribution in [0.15, 0.2) is 53.8 Å². The lowest BCUT2D eigenvalue weighted by molar-refractivity contribution is 0.610. The van der Waals surface area contributed by atoms with Crippen molar-refractivity contribution in [3.63, 3.8) is 0 Å². The number of thioether (sulfide) groups is 1. The molecule has 0 spiro atoms. The Morgan fingerprint density at radius 2 is 1.95 bits per heavy atom. The van der Waals surface area contributed by atoms with Gasteiger partial charge in [0, 0.05) is 23.2 Å². The van der Waals surface area contributed by atoms with Gasteiger partial charge in [-0.05, 0) is 17.7 Å². The van der Waals surface area contributed by atoms with Gasteiger partial charge in [0.2, 0.25) is 0 Å². The molecular formula is C16H14FN3S. The summed E-state index contributed by atoms with van der Waals surface area (Å²) in [5, 5.41) is 1.96. The summed E-state index contributed by atoms with van der Waals surface area (Å²) < 4.78 is 13.4. The zero-order valence-corrected chi connectivity index (χ0v) is 12.1. The first-order valence-electron chi connectivity index (χ1n) is 6.58. The van der Waals surface area contributed by atoms with E-state index in [1.807, 2.05) is 30.3 Å². The van der Waals surface area contributed by atoms with Gasteiger partial charge < -0.3 is 5.73 Å². The van der Waals surface area contributed by atoms with Crippen molar-refractivity contribution in [2.75, 3.05) is 0 Å². The van der Waals surface area contributed by atoms with Gasteiger partial charge in [0.1, 0.15) is 17.2 Å². The van der Waals surface area contributed by atoms with Gasteiger partial charge in [-0.15, -0.1) is 11.8 Å². The van der Waals surface area contributed by atoms with Gasteiger partial charge in [-0.2, -0.15) is 0 Å². The molecule has 0 saturated carbocycles. The quantitative estimate of drug-likeness (QED) is 0.591. The van der Waals surface area contributed by atoms with E-state index >= 15 is 0 Å². The Hall–Kier alpha value is -1.98. The van der Waals surface area contributed by atoms with E-state index in [0.29, 0.717) is 11.3 Å². The summed E-state index contributed by atoms with van der Waals surface area (Å²) in [5.41, 5.74) is 8.04. The molecule has 0 radical (unpaired) electrons. The van der Waals surface area contributed by atoms with Gasteiger partial charge in [0.25, 0.3) is 0 Å². The molecule has 1 aromatic heterocycles. The molecule has 0 aliphatic carbocycles. The van der Waals surface area contributed by atoms with E-state index in [1.54, 1.807) is 24.2 Å². The smallest absolute Gasteiger partial charge is 0.127 e. The first kappa shape index (κ1) is 14.0. The molecule has 0 fully saturated rings.